The number of nitrogens with zero attached hydrogens (tertiary/aromatic N) is 2. The van der Waals surface area contributed by atoms with Gasteiger partial charge in [-0.2, -0.15) is 0 Å². The predicted octanol–water partition coefficient (Wildman–Crippen LogP) is 2.31. The average molecular weight is 400 g/mol. The first-order valence-corrected chi connectivity index (χ1v) is 10.3. The molecule has 1 aliphatic heterocycles. The molecule has 1 aromatic heterocycles. The van der Waals surface area contributed by atoms with Crippen LogP contribution >= 0.6 is 11.3 Å². The van der Waals surface area contributed by atoms with Crippen molar-refractivity contribution in [2.75, 3.05) is 44.3 Å². The maximum atomic E-state index is 13.3. The minimum atomic E-state index is -0.350. The van der Waals surface area contributed by atoms with Crippen LogP contribution in [0.25, 0.3) is 10.2 Å². The van der Waals surface area contributed by atoms with Gasteiger partial charge in [-0.25, -0.2) is 9.37 Å². The molecular formula is C21H23FN3O2S+. The molecule has 0 radical (unpaired) electrons. The average Bonchev–Trinajstić information content (AvgIpc) is 3.15. The van der Waals surface area contributed by atoms with Crippen LogP contribution in [0.2, 0.25) is 0 Å². The van der Waals surface area contributed by atoms with Crippen LogP contribution < -0.4 is 9.80 Å². The van der Waals surface area contributed by atoms with Gasteiger partial charge in [0.15, 0.2) is 5.13 Å². The van der Waals surface area contributed by atoms with E-state index >= 15 is 0 Å². The van der Waals surface area contributed by atoms with E-state index in [9.17, 15) is 9.18 Å². The molecule has 3 aromatic rings. The number of thiazole rings is 1. The normalized spacial score (nSPS) is 15.1. The van der Waals surface area contributed by atoms with Crippen molar-refractivity contribution in [2.24, 2.45) is 0 Å². The highest BCUT2D eigenvalue weighted by atomic mass is 32.1. The monoisotopic (exact) mass is 400 g/mol. The number of benzene rings is 2. The summed E-state index contributed by atoms with van der Waals surface area (Å²) in [5.41, 5.74) is 2.49. The molecule has 28 heavy (non-hydrogen) atoms. The molecule has 0 atom stereocenters. The Balaban J connectivity index is 1.64. The van der Waals surface area contributed by atoms with Crippen LogP contribution in [0.4, 0.5) is 9.52 Å². The van der Waals surface area contributed by atoms with Crippen LogP contribution in [0.15, 0.2) is 42.5 Å². The summed E-state index contributed by atoms with van der Waals surface area (Å²) in [5.74, 6) is -0.499. The van der Waals surface area contributed by atoms with E-state index in [4.69, 9.17) is 9.72 Å². The van der Waals surface area contributed by atoms with Crippen LogP contribution in [0.5, 0.6) is 0 Å². The van der Waals surface area contributed by atoms with Gasteiger partial charge in [0.25, 0.3) is 5.91 Å². The minimum absolute atomic E-state index is 0.149. The van der Waals surface area contributed by atoms with E-state index in [1.165, 1.54) is 40.5 Å². The Kier molecular flexibility index (Phi) is 5.66. The number of carbonyl (C=O) groups is 1. The summed E-state index contributed by atoms with van der Waals surface area (Å²) in [6.45, 7) is 6.80. The summed E-state index contributed by atoms with van der Waals surface area (Å²) in [4.78, 5) is 21.1. The Morgan fingerprint density at radius 1 is 1.21 bits per heavy atom. The lowest BCUT2D eigenvalue weighted by atomic mass is 10.2. The Hall–Kier alpha value is -2.35. The van der Waals surface area contributed by atoms with Crippen molar-refractivity contribution in [3.8, 4) is 0 Å². The van der Waals surface area contributed by atoms with Crippen molar-refractivity contribution >= 4 is 32.6 Å². The molecule has 0 spiro atoms. The van der Waals surface area contributed by atoms with Crippen LogP contribution in [-0.4, -0.2) is 50.3 Å². The van der Waals surface area contributed by atoms with Gasteiger partial charge in [-0.3, -0.25) is 9.69 Å². The number of aryl methyl sites for hydroxylation is 1. The zero-order chi connectivity index (χ0) is 19.5. The lowest BCUT2D eigenvalue weighted by Gasteiger charge is -2.27. The number of hydrogen-bond donors (Lipinski definition) is 1. The van der Waals surface area contributed by atoms with Gasteiger partial charge in [0.1, 0.15) is 18.9 Å². The number of aromatic nitrogens is 1. The lowest BCUT2D eigenvalue weighted by molar-refractivity contribution is -0.906. The Morgan fingerprint density at radius 3 is 2.68 bits per heavy atom. The van der Waals surface area contributed by atoms with Gasteiger partial charge < -0.3 is 9.64 Å². The number of carbonyl (C=O) groups excluding carboxylic acids is 1. The van der Waals surface area contributed by atoms with Crippen LogP contribution in [0, 0.1) is 12.7 Å². The van der Waals surface area contributed by atoms with Crippen LogP contribution in [0.1, 0.15) is 15.9 Å². The van der Waals surface area contributed by atoms with E-state index in [0.29, 0.717) is 17.2 Å². The number of nitrogens with one attached hydrogen (secondary N) is 1. The highest BCUT2D eigenvalue weighted by molar-refractivity contribution is 7.22. The summed E-state index contributed by atoms with van der Waals surface area (Å²) < 4.78 is 19.8. The molecule has 5 nitrogen and oxygen atoms in total. The molecule has 146 valence electrons. The number of halogens is 1. The molecule has 4 rings (SSSR count). The summed E-state index contributed by atoms with van der Waals surface area (Å²) in [5, 5.41) is 0.686. The van der Waals surface area contributed by atoms with Gasteiger partial charge >= 0.3 is 0 Å². The number of anilines is 1. The maximum Gasteiger partial charge on any atom is 0.260 e. The molecule has 2 heterocycles. The first-order valence-electron chi connectivity index (χ1n) is 9.47. The summed E-state index contributed by atoms with van der Waals surface area (Å²) in [6.07, 6.45) is 0. The number of ether oxygens (including phenoxy) is 1. The highest BCUT2D eigenvalue weighted by Gasteiger charge is 2.24. The van der Waals surface area contributed by atoms with Crippen molar-refractivity contribution in [2.45, 2.75) is 6.92 Å². The van der Waals surface area contributed by atoms with E-state index in [-0.39, 0.29) is 11.7 Å². The van der Waals surface area contributed by atoms with Gasteiger partial charge in [0, 0.05) is 5.56 Å². The fraction of sp³-hybridized carbons (Fsp3) is 0.333. The smallest absolute Gasteiger partial charge is 0.260 e. The number of para-hydroxylation sites is 1. The van der Waals surface area contributed by atoms with Crippen molar-refractivity contribution < 1.29 is 18.8 Å². The van der Waals surface area contributed by atoms with Crippen molar-refractivity contribution in [1.29, 1.82) is 0 Å². The first-order chi connectivity index (χ1) is 13.6. The number of hydrogen-bond acceptors (Lipinski definition) is 4. The quantitative estimate of drug-likeness (QED) is 0.715. The third kappa shape index (κ3) is 4.06. The van der Waals surface area contributed by atoms with Gasteiger partial charge in [0.05, 0.1) is 36.5 Å². The number of quaternary nitrogens is 1. The zero-order valence-electron chi connectivity index (χ0n) is 15.8. The second-order valence-corrected chi connectivity index (χ2v) is 8.00. The fourth-order valence-electron chi connectivity index (χ4n) is 3.40. The van der Waals surface area contributed by atoms with E-state index in [1.54, 1.807) is 4.90 Å². The first kappa shape index (κ1) is 19.0. The SMILES string of the molecule is Cc1cccc2sc(N(CC[NH+]3CCOCC3)C(=O)c3ccc(F)cc3)nc12. The zero-order valence-corrected chi connectivity index (χ0v) is 16.6. The Bertz CT molecular complexity index is 967. The Morgan fingerprint density at radius 2 is 1.96 bits per heavy atom. The molecule has 1 aliphatic rings. The molecule has 1 N–H and O–H groups in total. The topological polar surface area (TPSA) is 46.9 Å². The molecule has 1 fully saturated rings. The van der Waals surface area contributed by atoms with Crippen molar-refractivity contribution in [1.82, 2.24) is 4.98 Å². The van der Waals surface area contributed by atoms with Gasteiger partial charge in [-0.1, -0.05) is 23.5 Å². The third-order valence-electron chi connectivity index (χ3n) is 5.07. The summed E-state index contributed by atoms with van der Waals surface area (Å²) in [7, 11) is 0. The molecule has 1 saturated heterocycles. The molecule has 0 bridgehead atoms. The maximum absolute atomic E-state index is 13.3. The minimum Gasteiger partial charge on any atom is -0.370 e. The van der Waals surface area contributed by atoms with Crippen LogP contribution in [-0.2, 0) is 4.74 Å². The second kappa shape index (κ2) is 8.34. The lowest BCUT2D eigenvalue weighted by Crippen LogP contribution is -3.14. The van der Waals surface area contributed by atoms with Crippen molar-refractivity contribution in [3.63, 3.8) is 0 Å². The fourth-order valence-corrected chi connectivity index (χ4v) is 4.47. The van der Waals surface area contributed by atoms with Gasteiger partial charge in [0.2, 0.25) is 0 Å². The van der Waals surface area contributed by atoms with E-state index in [1.807, 2.05) is 25.1 Å². The Labute approximate surface area is 167 Å². The number of fused-ring (bicyclic) bond motifs is 1. The number of morpholine rings is 1. The largest absolute Gasteiger partial charge is 0.370 e. The summed E-state index contributed by atoms with van der Waals surface area (Å²) in [6, 6.07) is 11.8. The molecule has 0 aliphatic carbocycles. The molecular weight excluding hydrogens is 377 g/mol. The standard InChI is InChI=1S/C21H22FN3O2S/c1-15-3-2-4-18-19(15)23-21(28-18)25(10-9-24-11-13-27-14-12-24)20(26)16-5-7-17(22)8-6-16/h2-8H,9-14H2,1H3/p+1. The molecule has 7 heteroatoms. The van der Waals surface area contributed by atoms with E-state index in [0.717, 1.165) is 48.6 Å². The highest BCUT2D eigenvalue weighted by Crippen LogP contribution is 2.31. The van der Waals surface area contributed by atoms with E-state index in [2.05, 4.69) is 0 Å². The molecule has 0 unspecified atom stereocenters. The predicted molar refractivity (Wildman–Crippen MR) is 109 cm³/mol. The van der Waals surface area contributed by atoms with E-state index < -0.39 is 0 Å². The second-order valence-electron chi connectivity index (χ2n) is 6.99. The molecule has 2 aromatic carbocycles. The van der Waals surface area contributed by atoms with Crippen LogP contribution in [0.3, 0.4) is 0 Å². The number of amides is 1. The van der Waals surface area contributed by atoms with Gasteiger partial charge in [-0.05, 0) is 42.8 Å². The molecule has 1 amide bonds. The third-order valence-corrected chi connectivity index (χ3v) is 6.11. The van der Waals surface area contributed by atoms with Crippen molar-refractivity contribution in [3.05, 3.63) is 59.4 Å². The number of rotatable bonds is 5. The van der Waals surface area contributed by atoms with Gasteiger partial charge in [-0.15, -0.1) is 0 Å². The molecule has 0 saturated carbocycles. The summed E-state index contributed by atoms with van der Waals surface area (Å²) >= 11 is 1.52.